The first-order chi connectivity index (χ1) is 9.44. The van der Waals surface area contributed by atoms with Crippen molar-refractivity contribution in [1.29, 1.82) is 0 Å². The van der Waals surface area contributed by atoms with Crippen LogP contribution in [0.15, 0.2) is 0 Å². The Labute approximate surface area is 138 Å². The van der Waals surface area contributed by atoms with E-state index in [1.807, 2.05) is 6.92 Å². The van der Waals surface area contributed by atoms with Crippen LogP contribution in [0.5, 0.6) is 0 Å². The number of ether oxygens (including phenoxy) is 1. The van der Waals surface area contributed by atoms with Crippen LogP contribution < -0.4 is 4.90 Å². The number of alkyl halides is 2. The highest BCUT2D eigenvalue weighted by Crippen LogP contribution is 2.66. The third-order valence-corrected chi connectivity index (χ3v) is 7.88. The van der Waals surface area contributed by atoms with Crippen LogP contribution in [0.4, 0.5) is 0 Å². The fourth-order valence-corrected chi connectivity index (χ4v) is 5.39. The van der Waals surface area contributed by atoms with Gasteiger partial charge in [-0.3, -0.25) is 4.79 Å². The molecule has 2 saturated heterocycles. The van der Waals surface area contributed by atoms with Crippen molar-refractivity contribution < 1.29 is 14.4 Å². The Balaban J connectivity index is 1.54. The molecule has 3 nitrogen and oxygen atoms in total. The molecule has 1 unspecified atom stereocenters. The average molecular weight is 410 g/mol. The summed E-state index contributed by atoms with van der Waals surface area (Å²) in [5.74, 6) is 0.527. The zero-order valence-electron chi connectivity index (χ0n) is 12.1. The summed E-state index contributed by atoms with van der Waals surface area (Å²) in [5, 5.41) is 0. The topological polar surface area (TPSA) is 30.7 Å². The monoisotopic (exact) mass is 408 g/mol. The minimum absolute atomic E-state index is 0.0471. The van der Waals surface area contributed by atoms with E-state index >= 15 is 0 Å². The van der Waals surface area contributed by atoms with Crippen LogP contribution in [0.1, 0.15) is 45.4 Å². The molecule has 1 aliphatic carbocycles. The largest absolute Gasteiger partial charge is 0.465 e. The molecule has 1 N–H and O–H groups in total. The second-order valence-corrected chi connectivity index (χ2v) is 10.7. The van der Waals surface area contributed by atoms with E-state index in [1.165, 1.54) is 45.2 Å². The van der Waals surface area contributed by atoms with Gasteiger partial charge in [-0.15, -0.1) is 0 Å². The van der Waals surface area contributed by atoms with Crippen LogP contribution in [0.25, 0.3) is 0 Å². The summed E-state index contributed by atoms with van der Waals surface area (Å²) < 4.78 is 5.44. The molecule has 0 aromatic heterocycles. The number of piperidine rings is 2. The van der Waals surface area contributed by atoms with Gasteiger partial charge >= 0.3 is 5.97 Å². The van der Waals surface area contributed by atoms with Crippen molar-refractivity contribution in [3.8, 4) is 0 Å². The van der Waals surface area contributed by atoms with Crippen molar-refractivity contribution in [2.75, 3.05) is 19.7 Å². The summed E-state index contributed by atoms with van der Waals surface area (Å²) in [6.07, 6.45) is 7.35. The molecule has 2 heterocycles. The first-order valence-corrected chi connectivity index (χ1v) is 9.42. The molecule has 3 rings (SSSR count). The Bertz CT molecular complexity index is 399. The van der Waals surface area contributed by atoms with Gasteiger partial charge in [0.05, 0.1) is 34.4 Å². The Hall–Kier alpha value is 0.390. The molecule has 0 aromatic rings. The van der Waals surface area contributed by atoms with E-state index < -0.39 is 0 Å². The lowest BCUT2D eigenvalue weighted by atomic mass is 9.84. The van der Waals surface area contributed by atoms with E-state index in [1.54, 1.807) is 4.90 Å². The first kappa shape index (κ1) is 15.3. The van der Waals surface area contributed by atoms with Gasteiger partial charge in [-0.25, -0.2) is 0 Å². The van der Waals surface area contributed by atoms with E-state index in [0.717, 1.165) is 12.5 Å². The third kappa shape index (κ3) is 2.70. The van der Waals surface area contributed by atoms with E-state index in [4.69, 9.17) is 4.74 Å². The predicted octanol–water partition coefficient (Wildman–Crippen LogP) is 2.27. The number of fused-ring (bicyclic) bond motifs is 1. The van der Waals surface area contributed by atoms with Crippen LogP contribution in [0.3, 0.4) is 0 Å². The molecule has 0 radical (unpaired) electrons. The number of esters is 1. The predicted molar refractivity (Wildman–Crippen MR) is 85.3 cm³/mol. The van der Waals surface area contributed by atoms with Crippen LogP contribution in [-0.2, 0) is 9.53 Å². The SMILES string of the molecule is C[C@]1(C(=O)OC[C@H]2CCC[NH+]3CCCC[C@H]23)CC1(Br)Br. The number of carbonyl (C=O) groups is 1. The number of nitrogens with one attached hydrogen (secondary N) is 1. The van der Waals surface area contributed by atoms with Crippen LogP contribution in [-0.4, -0.2) is 34.9 Å². The summed E-state index contributed by atoms with van der Waals surface area (Å²) >= 11 is 7.09. The normalized spacial score (nSPS) is 42.6. The fourth-order valence-electron chi connectivity index (χ4n) is 3.94. The molecule has 0 bridgehead atoms. The van der Waals surface area contributed by atoms with E-state index in [-0.39, 0.29) is 14.6 Å². The molecule has 1 saturated carbocycles. The minimum atomic E-state index is -0.388. The number of hydrogen-bond acceptors (Lipinski definition) is 2. The molecule has 0 aromatic carbocycles. The number of quaternary nitrogens is 1. The van der Waals surface area contributed by atoms with Crippen molar-refractivity contribution in [2.24, 2.45) is 11.3 Å². The number of halogens is 2. The van der Waals surface area contributed by atoms with Crippen molar-refractivity contribution in [3.63, 3.8) is 0 Å². The Morgan fingerprint density at radius 3 is 2.65 bits per heavy atom. The quantitative estimate of drug-likeness (QED) is 0.572. The van der Waals surface area contributed by atoms with Crippen molar-refractivity contribution in [2.45, 2.75) is 54.7 Å². The summed E-state index contributed by atoms with van der Waals surface area (Å²) in [7, 11) is 0. The van der Waals surface area contributed by atoms with Gasteiger partial charge in [-0.2, -0.15) is 0 Å². The van der Waals surface area contributed by atoms with Gasteiger partial charge in [0.15, 0.2) is 0 Å². The zero-order chi connectivity index (χ0) is 14.4. The maximum atomic E-state index is 12.3. The molecule has 2 aliphatic heterocycles. The Morgan fingerprint density at radius 1 is 1.25 bits per heavy atom. The molecular formula is C15H24Br2NO2+. The molecular weight excluding hydrogens is 386 g/mol. The van der Waals surface area contributed by atoms with Crippen molar-refractivity contribution >= 4 is 37.8 Å². The maximum absolute atomic E-state index is 12.3. The number of hydrogen-bond donors (Lipinski definition) is 1. The van der Waals surface area contributed by atoms with Crippen molar-refractivity contribution in [1.82, 2.24) is 0 Å². The highest BCUT2D eigenvalue weighted by atomic mass is 79.9. The van der Waals surface area contributed by atoms with Gasteiger partial charge in [-0.1, -0.05) is 31.9 Å². The highest BCUT2D eigenvalue weighted by molar-refractivity contribution is 9.25. The summed E-state index contributed by atoms with van der Waals surface area (Å²) in [4.78, 5) is 14.0. The van der Waals surface area contributed by atoms with Crippen molar-refractivity contribution in [3.05, 3.63) is 0 Å². The minimum Gasteiger partial charge on any atom is -0.465 e. The molecule has 3 fully saturated rings. The van der Waals surface area contributed by atoms with Crippen LogP contribution in [0, 0.1) is 11.3 Å². The maximum Gasteiger partial charge on any atom is 0.314 e. The van der Waals surface area contributed by atoms with Gasteiger partial charge in [-0.05, 0) is 45.4 Å². The molecule has 20 heavy (non-hydrogen) atoms. The van der Waals surface area contributed by atoms with E-state index in [9.17, 15) is 4.79 Å². The van der Waals surface area contributed by atoms with Gasteiger partial charge in [0.1, 0.15) is 0 Å². The third-order valence-electron chi connectivity index (χ3n) is 5.57. The molecule has 0 spiro atoms. The lowest BCUT2D eigenvalue weighted by molar-refractivity contribution is -0.940. The average Bonchev–Trinajstić information content (AvgIpc) is 2.96. The molecule has 114 valence electrons. The molecule has 3 aliphatic rings. The van der Waals surface area contributed by atoms with Crippen LogP contribution >= 0.6 is 31.9 Å². The van der Waals surface area contributed by atoms with E-state index in [0.29, 0.717) is 12.5 Å². The smallest absolute Gasteiger partial charge is 0.314 e. The number of rotatable bonds is 3. The van der Waals surface area contributed by atoms with Gasteiger partial charge in [0.2, 0.25) is 0 Å². The van der Waals surface area contributed by atoms with Gasteiger partial charge in [0.25, 0.3) is 0 Å². The Morgan fingerprint density at radius 2 is 1.95 bits per heavy atom. The highest BCUT2D eigenvalue weighted by Gasteiger charge is 2.68. The fraction of sp³-hybridized carbons (Fsp3) is 0.933. The zero-order valence-corrected chi connectivity index (χ0v) is 15.3. The van der Waals surface area contributed by atoms with E-state index in [2.05, 4.69) is 31.9 Å². The summed E-state index contributed by atoms with van der Waals surface area (Å²) in [6.45, 7) is 5.23. The summed E-state index contributed by atoms with van der Waals surface area (Å²) in [6, 6.07) is 0.731. The standard InChI is InChI=1S/C15H23Br2NO2/c1-14(10-15(14,16)17)13(19)20-9-11-5-4-8-18-7-3-2-6-12(11)18/h11-12H,2-10H2,1H3/p+1/t11-,12-,14-/m1/s1. The molecule has 5 heteroatoms. The first-order valence-electron chi connectivity index (χ1n) is 7.84. The lowest BCUT2D eigenvalue weighted by Gasteiger charge is -2.41. The Kier molecular flexibility index (Phi) is 4.24. The molecule has 0 amide bonds. The second-order valence-electron chi connectivity index (χ2n) is 6.97. The number of carbonyl (C=O) groups excluding carboxylic acids is 1. The van der Waals surface area contributed by atoms with Gasteiger partial charge < -0.3 is 9.64 Å². The lowest BCUT2D eigenvalue weighted by Crippen LogP contribution is -3.18. The second kappa shape index (κ2) is 5.54. The summed E-state index contributed by atoms with van der Waals surface area (Å²) in [5.41, 5.74) is -0.388. The van der Waals surface area contributed by atoms with Gasteiger partial charge in [0, 0.05) is 5.92 Å². The van der Waals surface area contributed by atoms with Crippen LogP contribution in [0.2, 0.25) is 0 Å². The molecule has 4 atom stereocenters.